The summed E-state index contributed by atoms with van der Waals surface area (Å²) in [6.07, 6.45) is 4.20. The van der Waals surface area contributed by atoms with Gasteiger partial charge in [0.1, 0.15) is 12.8 Å². The van der Waals surface area contributed by atoms with Crippen molar-refractivity contribution in [1.29, 1.82) is 0 Å². The highest BCUT2D eigenvalue weighted by molar-refractivity contribution is 7.87. The minimum Gasteiger partial charge on any atom is -0.423 e. The van der Waals surface area contributed by atoms with Gasteiger partial charge in [-0.3, -0.25) is 18.7 Å². The SMILES string of the molecule is CON(CC=O)C(=O)n1cc(-c2cnc(NC(Cc3ccc(NS(=O)(=O)O)cc3)c3csc(C)n3)o2)c2ccccc21. The zero-order chi connectivity index (χ0) is 29.9. The highest BCUT2D eigenvalue weighted by atomic mass is 32.2. The number of aldehydes is 1. The van der Waals surface area contributed by atoms with Gasteiger partial charge in [0.05, 0.1) is 41.3 Å². The van der Waals surface area contributed by atoms with Crippen molar-refractivity contribution < 1.29 is 31.8 Å². The van der Waals surface area contributed by atoms with Gasteiger partial charge in [-0.2, -0.15) is 13.5 Å². The molecule has 3 aromatic heterocycles. The van der Waals surface area contributed by atoms with Gasteiger partial charge >= 0.3 is 16.3 Å². The Morgan fingerprint density at radius 2 is 2.00 bits per heavy atom. The molecule has 13 nitrogen and oxygen atoms in total. The molecular formula is C27H26N6O7S2. The molecule has 15 heteroatoms. The van der Waals surface area contributed by atoms with Gasteiger partial charge in [-0.05, 0) is 37.1 Å². The van der Waals surface area contributed by atoms with Gasteiger partial charge in [0, 0.05) is 22.5 Å². The number of nitrogens with zero attached hydrogens (tertiary/aromatic N) is 4. The zero-order valence-corrected chi connectivity index (χ0v) is 24.1. The number of oxazole rings is 1. The van der Waals surface area contributed by atoms with Crippen LogP contribution in [0, 0.1) is 6.92 Å². The molecule has 2 aromatic carbocycles. The molecule has 3 heterocycles. The Balaban J connectivity index is 1.42. The minimum absolute atomic E-state index is 0.227. The number of aromatic nitrogens is 3. The number of benzene rings is 2. The van der Waals surface area contributed by atoms with Gasteiger partial charge in [0.25, 0.3) is 6.01 Å². The third kappa shape index (κ3) is 6.49. The number of hydrogen-bond acceptors (Lipinski definition) is 10. The molecule has 0 saturated carbocycles. The highest BCUT2D eigenvalue weighted by Crippen LogP contribution is 2.34. The van der Waals surface area contributed by atoms with Crippen LogP contribution >= 0.6 is 11.3 Å². The summed E-state index contributed by atoms with van der Waals surface area (Å²) in [6, 6.07) is 13.2. The second kappa shape index (κ2) is 12.1. The quantitative estimate of drug-likeness (QED) is 0.108. The lowest BCUT2D eigenvalue weighted by atomic mass is 10.0. The van der Waals surface area contributed by atoms with Crippen LogP contribution in [0.5, 0.6) is 0 Å². The average molecular weight is 611 g/mol. The largest absolute Gasteiger partial charge is 0.423 e. The van der Waals surface area contributed by atoms with E-state index in [1.54, 1.807) is 48.8 Å². The molecule has 0 saturated heterocycles. The average Bonchev–Trinajstić information content (AvgIpc) is 3.70. The van der Waals surface area contributed by atoms with E-state index in [-0.39, 0.29) is 24.3 Å². The molecule has 5 aromatic rings. The van der Waals surface area contributed by atoms with Crippen molar-refractivity contribution in [3.63, 3.8) is 0 Å². The predicted octanol–water partition coefficient (Wildman–Crippen LogP) is 4.70. The Morgan fingerprint density at radius 3 is 2.67 bits per heavy atom. The number of carbonyl (C=O) groups excluding carboxylic acids is 2. The Bertz CT molecular complexity index is 1830. The maximum Gasteiger partial charge on any atom is 0.357 e. The lowest BCUT2D eigenvalue weighted by molar-refractivity contribution is -0.122. The van der Waals surface area contributed by atoms with Crippen LogP contribution < -0.4 is 10.0 Å². The van der Waals surface area contributed by atoms with E-state index >= 15 is 0 Å². The van der Waals surface area contributed by atoms with Crippen LogP contribution in [0.15, 0.2) is 70.7 Å². The van der Waals surface area contributed by atoms with Crippen LogP contribution in [-0.4, -0.2) is 58.5 Å². The lowest BCUT2D eigenvalue weighted by Gasteiger charge is -2.17. The van der Waals surface area contributed by atoms with Crippen LogP contribution in [0.3, 0.4) is 0 Å². The van der Waals surface area contributed by atoms with Crippen molar-refractivity contribution >= 4 is 56.6 Å². The topological polar surface area (TPSA) is 169 Å². The molecule has 1 atom stereocenters. The van der Waals surface area contributed by atoms with Crippen LogP contribution in [0.1, 0.15) is 22.3 Å². The summed E-state index contributed by atoms with van der Waals surface area (Å²) in [7, 11) is -3.06. The van der Waals surface area contributed by atoms with E-state index in [0.717, 1.165) is 26.7 Å². The van der Waals surface area contributed by atoms with Crippen LogP contribution in [0.2, 0.25) is 0 Å². The Hall–Kier alpha value is -4.57. The number of para-hydroxylation sites is 1. The molecule has 218 valence electrons. The number of thiazole rings is 1. The first kappa shape index (κ1) is 28.9. The molecule has 0 spiro atoms. The van der Waals surface area contributed by atoms with Crippen molar-refractivity contribution in [2.75, 3.05) is 23.7 Å². The van der Waals surface area contributed by atoms with Gasteiger partial charge in [-0.25, -0.2) is 14.8 Å². The molecule has 0 radical (unpaired) electrons. The van der Waals surface area contributed by atoms with Crippen molar-refractivity contribution in [1.82, 2.24) is 19.6 Å². The van der Waals surface area contributed by atoms with E-state index < -0.39 is 16.3 Å². The summed E-state index contributed by atoms with van der Waals surface area (Å²) >= 11 is 1.50. The van der Waals surface area contributed by atoms with Gasteiger partial charge in [0.15, 0.2) is 5.76 Å². The zero-order valence-electron chi connectivity index (χ0n) is 22.4. The number of hydroxylamine groups is 2. The molecule has 5 rings (SSSR count). The van der Waals surface area contributed by atoms with Crippen molar-refractivity contribution in [2.45, 2.75) is 19.4 Å². The van der Waals surface area contributed by atoms with Crippen LogP contribution in [0.25, 0.3) is 22.2 Å². The number of nitrogens with one attached hydrogen (secondary N) is 2. The predicted molar refractivity (Wildman–Crippen MR) is 157 cm³/mol. The van der Waals surface area contributed by atoms with E-state index in [2.05, 4.69) is 15.3 Å². The Morgan fingerprint density at radius 1 is 1.24 bits per heavy atom. The third-order valence-electron chi connectivity index (χ3n) is 6.30. The van der Waals surface area contributed by atoms with E-state index in [1.165, 1.54) is 23.0 Å². The van der Waals surface area contributed by atoms with Crippen molar-refractivity contribution in [2.24, 2.45) is 0 Å². The number of aryl methyl sites for hydroxylation is 1. The van der Waals surface area contributed by atoms with Crippen molar-refractivity contribution in [3.05, 3.63) is 82.6 Å². The lowest BCUT2D eigenvalue weighted by Crippen LogP contribution is -2.34. The second-order valence-electron chi connectivity index (χ2n) is 9.12. The number of hydrogen-bond donors (Lipinski definition) is 3. The number of amides is 1. The molecule has 0 bridgehead atoms. The van der Waals surface area contributed by atoms with Crippen molar-refractivity contribution in [3.8, 4) is 11.3 Å². The van der Waals surface area contributed by atoms with E-state index in [0.29, 0.717) is 29.5 Å². The maximum atomic E-state index is 13.1. The highest BCUT2D eigenvalue weighted by Gasteiger charge is 2.23. The summed E-state index contributed by atoms with van der Waals surface area (Å²) in [5, 5.41) is 7.80. The molecule has 0 aliphatic heterocycles. The smallest absolute Gasteiger partial charge is 0.357 e. The fourth-order valence-electron chi connectivity index (χ4n) is 4.43. The van der Waals surface area contributed by atoms with E-state index in [4.69, 9.17) is 13.8 Å². The van der Waals surface area contributed by atoms with E-state index in [9.17, 15) is 18.0 Å². The summed E-state index contributed by atoms with van der Waals surface area (Å²) in [5.41, 5.74) is 3.08. The van der Waals surface area contributed by atoms with Crippen LogP contribution in [0.4, 0.5) is 16.5 Å². The second-order valence-corrected chi connectivity index (χ2v) is 11.3. The third-order valence-corrected chi connectivity index (χ3v) is 7.58. The summed E-state index contributed by atoms with van der Waals surface area (Å²) in [6.45, 7) is 1.67. The molecule has 0 aliphatic carbocycles. The number of anilines is 2. The summed E-state index contributed by atoms with van der Waals surface area (Å²) in [4.78, 5) is 38.2. The first-order chi connectivity index (χ1) is 20.1. The fourth-order valence-corrected chi connectivity index (χ4v) is 5.53. The number of rotatable bonds is 11. The number of fused-ring (bicyclic) bond motifs is 1. The Labute approximate surface area is 244 Å². The molecule has 1 unspecified atom stereocenters. The first-order valence-corrected chi connectivity index (χ1v) is 14.9. The first-order valence-electron chi connectivity index (χ1n) is 12.5. The standard InChI is InChI=1S/C27H26N6O7S2/c1-17-29-23(16-41-17)22(13-18-7-9-19(10-8-18)31-42(36,37)38)30-26-28-14-25(40-26)21-15-32(24-6-4-3-5-20(21)24)27(35)33(39-2)11-12-34/h3-10,12,14-16,22,31H,11,13H2,1-2H3,(H,28,30)(H,36,37,38). The minimum atomic E-state index is -4.37. The van der Waals surface area contributed by atoms with Gasteiger partial charge < -0.3 is 14.5 Å². The van der Waals surface area contributed by atoms with Crippen LogP contribution in [-0.2, 0) is 26.4 Å². The molecular weight excluding hydrogens is 584 g/mol. The summed E-state index contributed by atoms with van der Waals surface area (Å²) in [5.74, 6) is 0.411. The maximum absolute atomic E-state index is 13.1. The van der Waals surface area contributed by atoms with E-state index in [1.807, 2.05) is 29.2 Å². The van der Waals surface area contributed by atoms with Gasteiger partial charge in [-0.15, -0.1) is 11.3 Å². The molecule has 1 amide bonds. The Kier molecular flexibility index (Phi) is 8.35. The molecule has 0 fully saturated rings. The monoisotopic (exact) mass is 610 g/mol. The fraction of sp³-hybridized carbons (Fsp3) is 0.185. The molecule has 3 N–H and O–H groups in total. The normalized spacial score (nSPS) is 12.3. The number of carbonyl (C=O) groups is 2. The molecule has 0 aliphatic rings. The molecule has 42 heavy (non-hydrogen) atoms. The summed E-state index contributed by atoms with van der Waals surface area (Å²) < 4.78 is 40.7. The van der Waals surface area contributed by atoms with Gasteiger partial charge in [-0.1, -0.05) is 30.3 Å². The van der Waals surface area contributed by atoms with Gasteiger partial charge in [0.2, 0.25) is 0 Å².